The first kappa shape index (κ1) is 29.8. The third-order valence-corrected chi connectivity index (χ3v) is 9.62. The van der Waals surface area contributed by atoms with Gasteiger partial charge in [-0.25, -0.2) is 8.42 Å². The molecular formula is C31H36BrN3O4S. The molecule has 4 rings (SSSR count). The van der Waals surface area contributed by atoms with Crippen LogP contribution in [0.2, 0.25) is 0 Å². The van der Waals surface area contributed by atoms with Crippen LogP contribution in [0, 0.1) is 13.8 Å². The van der Waals surface area contributed by atoms with Crippen LogP contribution in [0.1, 0.15) is 49.3 Å². The fourth-order valence-corrected chi connectivity index (χ4v) is 6.97. The molecule has 0 bridgehead atoms. The minimum absolute atomic E-state index is 0.0919. The van der Waals surface area contributed by atoms with E-state index in [-0.39, 0.29) is 23.4 Å². The molecule has 7 nitrogen and oxygen atoms in total. The molecule has 1 aliphatic rings. The highest BCUT2D eigenvalue weighted by Crippen LogP contribution is 2.29. The maximum absolute atomic E-state index is 14.1. The first-order chi connectivity index (χ1) is 19.1. The van der Waals surface area contributed by atoms with Gasteiger partial charge in [-0.15, -0.1) is 0 Å². The summed E-state index contributed by atoms with van der Waals surface area (Å²) in [4.78, 5) is 29.0. The van der Waals surface area contributed by atoms with Crippen molar-refractivity contribution < 1.29 is 18.0 Å². The molecule has 0 aromatic heterocycles. The van der Waals surface area contributed by atoms with Crippen LogP contribution in [-0.2, 0) is 26.2 Å². The van der Waals surface area contributed by atoms with Crippen LogP contribution < -0.4 is 9.62 Å². The summed E-state index contributed by atoms with van der Waals surface area (Å²) in [5.74, 6) is -0.700. The van der Waals surface area contributed by atoms with Gasteiger partial charge in [-0.2, -0.15) is 0 Å². The number of carbonyl (C=O) groups excluding carboxylic acids is 2. The Balaban J connectivity index is 1.71. The van der Waals surface area contributed by atoms with Crippen LogP contribution >= 0.6 is 15.9 Å². The Morgan fingerprint density at radius 1 is 0.975 bits per heavy atom. The number of rotatable bonds is 10. The Morgan fingerprint density at radius 3 is 2.35 bits per heavy atom. The van der Waals surface area contributed by atoms with Crippen molar-refractivity contribution in [1.29, 1.82) is 0 Å². The van der Waals surface area contributed by atoms with Gasteiger partial charge in [-0.1, -0.05) is 71.2 Å². The fraction of sp³-hybridized carbons (Fsp3) is 0.355. The Hall–Kier alpha value is -3.17. The van der Waals surface area contributed by atoms with Gasteiger partial charge in [-0.3, -0.25) is 13.9 Å². The lowest BCUT2D eigenvalue weighted by Crippen LogP contribution is -2.52. The highest BCUT2D eigenvalue weighted by atomic mass is 79.9. The van der Waals surface area contributed by atoms with Crippen LogP contribution in [0.15, 0.2) is 82.2 Å². The molecule has 0 spiro atoms. The van der Waals surface area contributed by atoms with E-state index in [2.05, 4.69) is 21.2 Å². The lowest BCUT2D eigenvalue weighted by molar-refractivity contribution is -0.139. The third-order valence-electron chi connectivity index (χ3n) is 7.35. The molecule has 1 atom stereocenters. The molecule has 1 N–H and O–H groups in total. The molecule has 1 saturated carbocycles. The maximum atomic E-state index is 14.1. The van der Waals surface area contributed by atoms with Crippen molar-refractivity contribution in [2.45, 2.75) is 70.0 Å². The van der Waals surface area contributed by atoms with Crippen LogP contribution in [0.3, 0.4) is 0 Å². The van der Waals surface area contributed by atoms with E-state index in [1.807, 2.05) is 50.2 Å². The smallest absolute Gasteiger partial charge is 0.264 e. The average Bonchev–Trinajstić information content (AvgIpc) is 3.45. The van der Waals surface area contributed by atoms with E-state index < -0.39 is 28.5 Å². The number of hydrogen-bond acceptors (Lipinski definition) is 4. The molecule has 0 aliphatic heterocycles. The zero-order valence-corrected chi connectivity index (χ0v) is 25.5. The van der Waals surface area contributed by atoms with Gasteiger partial charge in [0.1, 0.15) is 12.6 Å². The summed E-state index contributed by atoms with van der Waals surface area (Å²) in [6.45, 7) is 5.12. The van der Waals surface area contributed by atoms with E-state index in [1.165, 1.54) is 21.3 Å². The Labute approximate surface area is 245 Å². The molecule has 1 aliphatic carbocycles. The quantitative estimate of drug-likeness (QED) is 0.311. The molecule has 1 unspecified atom stereocenters. The maximum Gasteiger partial charge on any atom is 0.264 e. The molecule has 3 aromatic rings. The number of nitrogens with zero attached hydrogens (tertiary/aromatic N) is 2. The molecule has 40 heavy (non-hydrogen) atoms. The SMILES string of the molecule is Cc1ccc(C)c(N(CC(=O)N(Cc2cccc(Br)c2)C(C)C(=O)NC2CCCC2)S(=O)(=O)c2ccccc2)c1. The number of amides is 2. The lowest BCUT2D eigenvalue weighted by Gasteiger charge is -2.33. The van der Waals surface area contributed by atoms with Crippen LogP contribution in [0.25, 0.3) is 0 Å². The number of sulfonamides is 1. The Bertz CT molecular complexity index is 1460. The Kier molecular flexibility index (Phi) is 9.68. The lowest BCUT2D eigenvalue weighted by atomic mass is 10.1. The van der Waals surface area contributed by atoms with Crippen molar-refractivity contribution in [3.05, 3.63) is 94.0 Å². The van der Waals surface area contributed by atoms with Crippen molar-refractivity contribution in [3.8, 4) is 0 Å². The van der Waals surface area contributed by atoms with Gasteiger partial charge in [0.05, 0.1) is 10.6 Å². The van der Waals surface area contributed by atoms with Crippen molar-refractivity contribution >= 4 is 43.5 Å². The number of anilines is 1. The van der Waals surface area contributed by atoms with Gasteiger partial charge in [0.25, 0.3) is 10.0 Å². The summed E-state index contributed by atoms with van der Waals surface area (Å²) in [6.07, 6.45) is 3.99. The van der Waals surface area contributed by atoms with Crippen molar-refractivity contribution in [1.82, 2.24) is 10.2 Å². The van der Waals surface area contributed by atoms with E-state index in [0.717, 1.165) is 46.8 Å². The van der Waals surface area contributed by atoms with Gasteiger partial charge in [-0.05, 0) is 80.6 Å². The molecule has 0 saturated heterocycles. The zero-order valence-electron chi connectivity index (χ0n) is 23.1. The van der Waals surface area contributed by atoms with Crippen molar-refractivity contribution in [3.63, 3.8) is 0 Å². The predicted molar refractivity (Wildman–Crippen MR) is 161 cm³/mol. The van der Waals surface area contributed by atoms with Crippen LogP contribution in [0.5, 0.6) is 0 Å². The van der Waals surface area contributed by atoms with E-state index >= 15 is 0 Å². The van der Waals surface area contributed by atoms with Gasteiger partial charge in [0.15, 0.2) is 0 Å². The summed E-state index contributed by atoms with van der Waals surface area (Å²) in [5.41, 5.74) is 2.86. The van der Waals surface area contributed by atoms with E-state index in [9.17, 15) is 18.0 Å². The molecule has 3 aromatic carbocycles. The summed E-state index contributed by atoms with van der Waals surface area (Å²) in [6, 6.07) is 20.5. The second-order valence-corrected chi connectivity index (χ2v) is 13.2. The first-order valence-corrected chi connectivity index (χ1v) is 15.8. The summed E-state index contributed by atoms with van der Waals surface area (Å²) in [7, 11) is -4.09. The second-order valence-electron chi connectivity index (χ2n) is 10.4. The van der Waals surface area contributed by atoms with E-state index in [0.29, 0.717) is 5.69 Å². The minimum atomic E-state index is -4.09. The normalized spacial score (nSPS) is 14.5. The third kappa shape index (κ3) is 7.12. The predicted octanol–water partition coefficient (Wildman–Crippen LogP) is 5.74. The first-order valence-electron chi connectivity index (χ1n) is 13.6. The molecular weight excluding hydrogens is 590 g/mol. The molecule has 9 heteroatoms. The largest absolute Gasteiger partial charge is 0.352 e. The second kappa shape index (κ2) is 13.0. The van der Waals surface area contributed by atoms with Crippen LogP contribution in [-0.4, -0.2) is 43.8 Å². The standard InChI is InChI=1S/C31H36BrN3O4S/c1-22-16-17-23(2)29(18-22)35(40(38,39)28-14-5-4-6-15-28)21-30(36)34(20-25-10-9-11-26(32)19-25)24(3)31(37)33-27-12-7-8-13-27/h4-6,9-11,14-19,24,27H,7-8,12-13,20-21H2,1-3H3,(H,33,37). The van der Waals surface area contributed by atoms with Crippen molar-refractivity contribution in [2.24, 2.45) is 0 Å². The molecule has 0 heterocycles. The zero-order chi connectivity index (χ0) is 28.9. The highest BCUT2D eigenvalue weighted by molar-refractivity contribution is 9.10. The van der Waals surface area contributed by atoms with Gasteiger partial charge < -0.3 is 10.2 Å². The number of carbonyl (C=O) groups is 2. The number of benzene rings is 3. The number of nitrogens with one attached hydrogen (secondary N) is 1. The summed E-state index contributed by atoms with van der Waals surface area (Å²) >= 11 is 3.48. The van der Waals surface area contributed by atoms with E-state index in [1.54, 1.807) is 31.2 Å². The average molecular weight is 627 g/mol. The van der Waals surface area contributed by atoms with Crippen LogP contribution in [0.4, 0.5) is 5.69 Å². The fourth-order valence-electron chi connectivity index (χ4n) is 5.03. The van der Waals surface area contributed by atoms with Gasteiger partial charge in [0.2, 0.25) is 11.8 Å². The Morgan fingerprint density at radius 2 is 1.68 bits per heavy atom. The molecule has 0 radical (unpaired) electrons. The summed E-state index contributed by atoms with van der Waals surface area (Å²) in [5, 5.41) is 3.09. The number of aryl methyl sites for hydroxylation is 2. The number of halogens is 1. The monoisotopic (exact) mass is 625 g/mol. The topological polar surface area (TPSA) is 86.8 Å². The molecule has 2 amide bonds. The van der Waals surface area contributed by atoms with Crippen molar-refractivity contribution in [2.75, 3.05) is 10.8 Å². The number of hydrogen-bond donors (Lipinski definition) is 1. The molecule has 212 valence electrons. The highest BCUT2D eigenvalue weighted by Gasteiger charge is 2.33. The van der Waals surface area contributed by atoms with E-state index in [4.69, 9.17) is 0 Å². The van der Waals surface area contributed by atoms with Gasteiger partial charge >= 0.3 is 0 Å². The molecule has 1 fully saturated rings. The van der Waals surface area contributed by atoms with Gasteiger partial charge in [0, 0.05) is 17.1 Å². The minimum Gasteiger partial charge on any atom is -0.352 e. The summed E-state index contributed by atoms with van der Waals surface area (Å²) < 4.78 is 29.9.